The number of nitrogens with zero attached hydrogens (tertiary/aromatic N) is 4. The van der Waals surface area contributed by atoms with E-state index in [2.05, 4.69) is 11.8 Å². The lowest BCUT2D eigenvalue weighted by atomic mass is 10.1. The second kappa shape index (κ2) is 11.0. The molecule has 0 bridgehead atoms. The minimum Gasteiger partial charge on any atom is -0.433 e. The van der Waals surface area contributed by atoms with Crippen LogP contribution in [-0.2, 0) is 0 Å². The number of aromatic nitrogens is 2. The molecule has 0 amide bonds. The molecule has 1 heterocycles. The largest absolute Gasteiger partial charge is 0.433 e. The van der Waals surface area contributed by atoms with Gasteiger partial charge < -0.3 is 15.5 Å². The van der Waals surface area contributed by atoms with Crippen molar-refractivity contribution in [2.45, 2.75) is 26.0 Å². The molecule has 1 aromatic heterocycles. The number of fused-ring (bicyclic) bond motifs is 1. The summed E-state index contributed by atoms with van der Waals surface area (Å²) in [5.74, 6) is 11.8. The molecule has 1 atom stereocenters. The molecular weight excluding hydrogens is 454 g/mol. The van der Waals surface area contributed by atoms with Crippen LogP contribution in [-0.4, -0.2) is 53.5 Å². The fraction of sp³-hybridized carbons (Fsp3) is 0.280. The Bertz CT molecular complexity index is 1300. The Morgan fingerprint density at radius 3 is 2.60 bits per heavy atom. The lowest BCUT2D eigenvalue weighted by Gasteiger charge is -2.25. The quantitative estimate of drug-likeness (QED) is 0.220. The number of allylic oxidation sites excluding steroid dienone is 1. The fourth-order valence-electron chi connectivity index (χ4n) is 3.87. The Balaban J connectivity index is 2.35. The Morgan fingerprint density at radius 2 is 2.00 bits per heavy atom. The number of imidazole rings is 1. The SMILES string of the molecule is CCC(c1nc2ccc(C#C/C(N)=C/N(C)N)cc2n1-c1c(C=O)cccc1OC(F)F)N(C)C. The summed E-state index contributed by atoms with van der Waals surface area (Å²) < 4.78 is 33.1. The van der Waals surface area contributed by atoms with Crippen LogP contribution in [0.1, 0.15) is 41.1 Å². The third-order valence-electron chi connectivity index (χ3n) is 5.28. The zero-order chi connectivity index (χ0) is 25.7. The fourth-order valence-corrected chi connectivity index (χ4v) is 3.87. The van der Waals surface area contributed by atoms with Gasteiger partial charge in [-0.15, -0.1) is 0 Å². The normalized spacial score (nSPS) is 12.5. The van der Waals surface area contributed by atoms with Gasteiger partial charge in [0.15, 0.2) is 12.0 Å². The molecule has 184 valence electrons. The summed E-state index contributed by atoms with van der Waals surface area (Å²) in [6, 6.07) is 9.62. The van der Waals surface area contributed by atoms with E-state index in [9.17, 15) is 13.6 Å². The third kappa shape index (κ3) is 5.77. The minimum absolute atomic E-state index is 0.131. The van der Waals surface area contributed by atoms with Crippen LogP contribution in [0.2, 0.25) is 0 Å². The number of hydrogen-bond donors (Lipinski definition) is 2. The van der Waals surface area contributed by atoms with Crippen LogP contribution in [0.25, 0.3) is 16.7 Å². The Kier molecular flexibility index (Phi) is 8.06. The van der Waals surface area contributed by atoms with Gasteiger partial charge in [0.25, 0.3) is 0 Å². The standard InChI is InChI=1S/C25H28F2N6O2/c1-5-20(31(2)3)24-30-19-12-10-16(9-11-18(28)14-32(4)29)13-21(19)33(24)23-17(15-34)7-6-8-22(23)35-25(26)27/h6-8,10,12-15,20,25H,5,28-29H2,1-4H3/b18-14-. The molecule has 10 heteroatoms. The van der Waals surface area contributed by atoms with Gasteiger partial charge in [-0.3, -0.25) is 14.3 Å². The third-order valence-corrected chi connectivity index (χ3v) is 5.28. The van der Waals surface area contributed by atoms with E-state index >= 15 is 0 Å². The monoisotopic (exact) mass is 482 g/mol. The highest BCUT2D eigenvalue weighted by Crippen LogP contribution is 2.35. The van der Waals surface area contributed by atoms with Crippen molar-refractivity contribution in [1.82, 2.24) is 19.5 Å². The summed E-state index contributed by atoms with van der Waals surface area (Å²) in [6.07, 6.45) is 2.77. The highest BCUT2D eigenvalue weighted by molar-refractivity contribution is 5.87. The maximum atomic E-state index is 13.3. The number of hydrazine groups is 1. The van der Waals surface area contributed by atoms with Crippen LogP contribution >= 0.6 is 0 Å². The number of aldehydes is 1. The topological polar surface area (TPSA) is 103 Å². The van der Waals surface area contributed by atoms with Gasteiger partial charge >= 0.3 is 6.61 Å². The maximum Gasteiger partial charge on any atom is 0.387 e. The maximum absolute atomic E-state index is 13.3. The van der Waals surface area contributed by atoms with Crippen LogP contribution in [0, 0.1) is 11.8 Å². The Labute approximate surface area is 202 Å². The summed E-state index contributed by atoms with van der Waals surface area (Å²) >= 11 is 0. The highest BCUT2D eigenvalue weighted by atomic mass is 19.3. The summed E-state index contributed by atoms with van der Waals surface area (Å²) in [5.41, 5.74) is 8.32. The van der Waals surface area contributed by atoms with E-state index in [4.69, 9.17) is 21.3 Å². The summed E-state index contributed by atoms with van der Waals surface area (Å²) in [6.45, 7) is -1.07. The van der Waals surface area contributed by atoms with Crippen molar-refractivity contribution in [3.05, 3.63) is 65.2 Å². The van der Waals surface area contributed by atoms with Crippen LogP contribution in [0.15, 0.2) is 48.3 Å². The molecule has 8 nitrogen and oxygen atoms in total. The van der Waals surface area contributed by atoms with Crippen LogP contribution in [0.4, 0.5) is 8.78 Å². The number of alkyl halides is 2. The van der Waals surface area contributed by atoms with Crippen molar-refractivity contribution in [3.63, 3.8) is 0 Å². The number of nitrogens with two attached hydrogens (primary N) is 2. The first-order valence-corrected chi connectivity index (χ1v) is 10.8. The van der Waals surface area contributed by atoms with E-state index in [1.807, 2.05) is 25.9 Å². The Morgan fingerprint density at radius 1 is 1.26 bits per heavy atom. The zero-order valence-electron chi connectivity index (χ0n) is 20.0. The van der Waals surface area contributed by atoms with Gasteiger partial charge in [0.05, 0.1) is 17.1 Å². The summed E-state index contributed by atoms with van der Waals surface area (Å²) in [5, 5.41) is 1.29. The second-order valence-electron chi connectivity index (χ2n) is 8.09. The molecule has 4 N–H and O–H groups in total. The van der Waals surface area contributed by atoms with Crippen LogP contribution in [0.3, 0.4) is 0 Å². The average Bonchev–Trinajstić information content (AvgIpc) is 3.14. The predicted molar refractivity (Wildman–Crippen MR) is 131 cm³/mol. The molecule has 35 heavy (non-hydrogen) atoms. The van der Waals surface area contributed by atoms with E-state index < -0.39 is 6.61 Å². The van der Waals surface area contributed by atoms with Gasteiger partial charge in [-0.25, -0.2) is 10.8 Å². The molecule has 0 aliphatic rings. The second-order valence-corrected chi connectivity index (χ2v) is 8.09. The molecule has 0 radical (unpaired) electrons. The molecule has 3 aromatic rings. The molecular formula is C25H28F2N6O2. The first-order valence-electron chi connectivity index (χ1n) is 10.8. The summed E-state index contributed by atoms with van der Waals surface area (Å²) in [7, 11) is 5.43. The molecule has 1 unspecified atom stereocenters. The first-order chi connectivity index (χ1) is 16.7. The van der Waals surface area contributed by atoms with E-state index in [1.54, 1.807) is 35.9 Å². The molecule has 0 saturated heterocycles. The van der Waals surface area contributed by atoms with Crippen molar-refractivity contribution in [3.8, 4) is 23.3 Å². The molecule has 0 spiro atoms. The zero-order valence-corrected chi connectivity index (χ0v) is 20.0. The molecule has 0 aliphatic heterocycles. The van der Waals surface area contributed by atoms with Crippen LogP contribution in [0.5, 0.6) is 5.75 Å². The first kappa shape index (κ1) is 25.7. The molecule has 0 fully saturated rings. The van der Waals surface area contributed by atoms with Gasteiger partial charge in [0, 0.05) is 24.4 Å². The Hall–Kier alpha value is -3.94. The smallest absolute Gasteiger partial charge is 0.387 e. The number of halogens is 2. The number of carbonyl (C=O) groups excluding carboxylic acids is 1. The lowest BCUT2D eigenvalue weighted by Crippen LogP contribution is -2.23. The number of benzene rings is 2. The molecule has 0 saturated carbocycles. The highest BCUT2D eigenvalue weighted by Gasteiger charge is 2.26. The van der Waals surface area contributed by atoms with Crippen molar-refractivity contribution in [2.75, 3.05) is 21.1 Å². The van der Waals surface area contributed by atoms with Gasteiger partial charge in [-0.2, -0.15) is 8.78 Å². The van der Waals surface area contributed by atoms with E-state index in [0.717, 1.165) is 0 Å². The molecule has 2 aromatic carbocycles. The van der Waals surface area contributed by atoms with Crippen molar-refractivity contribution < 1.29 is 18.3 Å². The number of ether oxygens (including phenoxy) is 1. The summed E-state index contributed by atoms with van der Waals surface area (Å²) in [4.78, 5) is 18.8. The number of rotatable bonds is 8. The van der Waals surface area contributed by atoms with Gasteiger partial charge in [-0.1, -0.05) is 18.9 Å². The van der Waals surface area contributed by atoms with E-state index in [-0.39, 0.29) is 28.7 Å². The van der Waals surface area contributed by atoms with Gasteiger partial charge in [0.1, 0.15) is 17.2 Å². The van der Waals surface area contributed by atoms with E-state index in [0.29, 0.717) is 35.1 Å². The van der Waals surface area contributed by atoms with Gasteiger partial charge in [0.2, 0.25) is 0 Å². The minimum atomic E-state index is -3.07. The lowest BCUT2D eigenvalue weighted by molar-refractivity contribution is -0.0498. The van der Waals surface area contributed by atoms with Gasteiger partial charge in [-0.05, 0) is 56.8 Å². The predicted octanol–water partition coefficient (Wildman–Crippen LogP) is 3.41. The van der Waals surface area contributed by atoms with Crippen molar-refractivity contribution in [1.29, 1.82) is 0 Å². The molecule has 3 rings (SSSR count). The van der Waals surface area contributed by atoms with Crippen molar-refractivity contribution in [2.24, 2.45) is 11.6 Å². The number of carbonyl (C=O) groups is 1. The number of para-hydroxylation sites is 1. The molecule has 0 aliphatic carbocycles. The van der Waals surface area contributed by atoms with E-state index in [1.165, 1.54) is 23.3 Å². The average molecular weight is 483 g/mol. The van der Waals surface area contributed by atoms with Crippen LogP contribution < -0.4 is 16.3 Å². The number of hydrogen-bond acceptors (Lipinski definition) is 7. The van der Waals surface area contributed by atoms with Crippen molar-refractivity contribution >= 4 is 17.3 Å².